The molecule has 0 amide bonds. The first-order chi connectivity index (χ1) is 8.41. The van der Waals surface area contributed by atoms with E-state index in [-0.39, 0.29) is 0 Å². The van der Waals surface area contributed by atoms with E-state index in [4.69, 9.17) is 6.42 Å². The maximum absolute atomic E-state index is 5.20. The van der Waals surface area contributed by atoms with Crippen molar-refractivity contribution in [3.63, 3.8) is 0 Å². The lowest BCUT2D eigenvalue weighted by molar-refractivity contribution is 0.702. The average molecular weight is 232 g/mol. The summed E-state index contributed by atoms with van der Waals surface area (Å²) in [6.07, 6.45) is 26.6. The maximum atomic E-state index is 5.20. The van der Waals surface area contributed by atoms with E-state index in [1.807, 2.05) is 0 Å². The number of unbranched alkanes of at least 4 members (excludes halogenated alkanes) is 7. The minimum atomic E-state index is 0.935. The predicted octanol–water partition coefficient (Wildman–Crippen LogP) is 5.65. The molecule has 0 aromatic rings. The van der Waals surface area contributed by atoms with Gasteiger partial charge in [0.1, 0.15) is 0 Å². The quantitative estimate of drug-likeness (QED) is 0.245. The van der Waals surface area contributed by atoms with Crippen molar-refractivity contribution in [2.24, 2.45) is 0 Å². The molecule has 17 heavy (non-hydrogen) atoms. The van der Waals surface area contributed by atoms with Crippen molar-refractivity contribution in [2.45, 2.75) is 71.1 Å². The van der Waals surface area contributed by atoms with Gasteiger partial charge < -0.3 is 0 Å². The fraction of sp³-hybridized carbons (Fsp3) is 0.647. The molecule has 96 valence electrons. The predicted molar refractivity (Wildman–Crippen MR) is 79.0 cm³/mol. The zero-order valence-electron chi connectivity index (χ0n) is 11.5. The molecule has 0 aliphatic carbocycles. The van der Waals surface area contributed by atoms with Crippen LogP contribution in [0.4, 0.5) is 0 Å². The first-order valence-corrected chi connectivity index (χ1v) is 7.15. The molecule has 0 unspecified atom stereocenters. The topological polar surface area (TPSA) is 0 Å². The molecule has 0 atom stereocenters. The number of allylic oxidation sites excluding steroid dienone is 4. The number of hydrogen-bond acceptors (Lipinski definition) is 0. The summed E-state index contributed by atoms with van der Waals surface area (Å²) in [4.78, 5) is 0. The Kier molecular flexibility index (Phi) is 14.2. The monoisotopic (exact) mass is 232 g/mol. The van der Waals surface area contributed by atoms with Gasteiger partial charge in [-0.15, -0.1) is 12.3 Å². The molecule has 0 radical (unpaired) electrons. The lowest BCUT2D eigenvalue weighted by Gasteiger charge is -1.93. The second-order valence-corrected chi connectivity index (χ2v) is 4.48. The van der Waals surface area contributed by atoms with Crippen molar-refractivity contribution in [1.29, 1.82) is 0 Å². The van der Waals surface area contributed by atoms with Crippen LogP contribution in [0.25, 0.3) is 0 Å². The SMILES string of the molecule is C#CCCCCCC=CCC=CCCCCC. The normalized spacial score (nSPS) is 11.3. The van der Waals surface area contributed by atoms with Crippen molar-refractivity contribution < 1.29 is 0 Å². The highest BCUT2D eigenvalue weighted by atomic mass is 13.9. The second-order valence-electron chi connectivity index (χ2n) is 4.48. The Labute approximate surface area is 108 Å². The Balaban J connectivity index is 3.16. The van der Waals surface area contributed by atoms with Gasteiger partial charge in [-0.25, -0.2) is 0 Å². The average Bonchev–Trinajstić information content (AvgIpc) is 2.35. The van der Waals surface area contributed by atoms with E-state index in [1.165, 1.54) is 51.4 Å². The summed E-state index contributed by atoms with van der Waals surface area (Å²) in [5, 5.41) is 0. The molecule has 0 aromatic carbocycles. The molecule has 0 heteroatoms. The van der Waals surface area contributed by atoms with Crippen LogP contribution in [-0.2, 0) is 0 Å². The fourth-order valence-electron chi connectivity index (χ4n) is 1.68. The van der Waals surface area contributed by atoms with Gasteiger partial charge in [-0.05, 0) is 38.5 Å². The highest BCUT2D eigenvalue weighted by Gasteiger charge is 1.85. The van der Waals surface area contributed by atoms with Crippen LogP contribution < -0.4 is 0 Å². The van der Waals surface area contributed by atoms with Crippen LogP contribution in [0.5, 0.6) is 0 Å². The number of hydrogen-bond donors (Lipinski definition) is 0. The van der Waals surface area contributed by atoms with Crippen LogP contribution >= 0.6 is 0 Å². The highest BCUT2D eigenvalue weighted by Crippen LogP contribution is 2.04. The smallest absolute Gasteiger partial charge is 0.00860 e. The third-order valence-electron chi connectivity index (χ3n) is 2.77. The molecule has 0 fully saturated rings. The minimum absolute atomic E-state index is 0.935. The Morgan fingerprint density at radius 1 is 0.824 bits per heavy atom. The van der Waals surface area contributed by atoms with E-state index in [9.17, 15) is 0 Å². The van der Waals surface area contributed by atoms with Gasteiger partial charge in [0, 0.05) is 6.42 Å². The Morgan fingerprint density at radius 3 is 2.06 bits per heavy atom. The number of terminal acetylenes is 1. The van der Waals surface area contributed by atoms with Crippen LogP contribution in [0.15, 0.2) is 24.3 Å². The maximum Gasteiger partial charge on any atom is 0.00860 e. The van der Waals surface area contributed by atoms with Crippen LogP contribution in [0.3, 0.4) is 0 Å². The minimum Gasteiger partial charge on any atom is -0.120 e. The molecule has 0 aromatic heterocycles. The molecule has 0 N–H and O–H groups in total. The van der Waals surface area contributed by atoms with Gasteiger partial charge in [-0.1, -0.05) is 50.5 Å². The number of rotatable bonds is 11. The van der Waals surface area contributed by atoms with Gasteiger partial charge in [-0.3, -0.25) is 0 Å². The molecule has 0 spiro atoms. The second kappa shape index (κ2) is 15.0. The van der Waals surface area contributed by atoms with Crippen molar-refractivity contribution >= 4 is 0 Å². The first kappa shape index (κ1) is 16.0. The molecule has 0 aliphatic heterocycles. The zero-order valence-corrected chi connectivity index (χ0v) is 11.5. The van der Waals surface area contributed by atoms with Crippen molar-refractivity contribution in [3.05, 3.63) is 24.3 Å². The van der Waals surface area contributed by atoms with Crippen LogP contribution in [0.2, 0.25) is 0 Å². The van der Waals surface area contributed by atoms with E-state index < -0.39 is 0 Å². The highest BCUT2D eigenvalue weighted by molar-refractivity contribution is 4.92. The Hall–Kier alpha value is -0.960. The van der Waals surface area contributed by atoms with Gasteiger partial charge in [0.05, 0.1) is 0 Å². The summed E-state index contributed by atoms with van der Waals surface area (Å²) in [5.74, 6) is 2.68. The summed E-state index contributed by atoms with van der Waals surface area (Å²) >= 11 is 0. The molecule has 0 nitrogen and oxygen atoms in total. The van der Waals surface area contributed by atoms with E-state index in [1.54, 1.807) is 0 Å². The third-order valence-corrected chi connectivity index (χ3v) is 2.77. The summed E-state index contributed by atoms with van der Waals surface area (Å²) in [6, 6.07) is 0. The van der Waals surface area contributed by atoms with Gasteiger partial charge in [0.2, 0.25) is 0 Å². The third kappa shape index (κ3) is 15.0. The van der Waals surface area contributed by atoms with E-state index in [2.05, 4.69) is 37.1 Å². The van der Waals surface area contributed by atoms with Crippen molar-refractivity contribution in [1.82, 2.24) is 0 Å². The molecule has 0 aliphatic rings. The van der Waals surface area contributed by atoms with E-state index >= 15 is 0 Å². The van der Waals surface area contributed by atoms with Gasteiger partial charge in [0.15, 0.2) is 0 Å². The molecular weight excluding hydrogens is 204 g/mol. The summed E-state index contributed by atoms with van der Waals surface area (Å²) < 4.78 is 0. The standard InChI is InChI=1S/C17H28/c1-3-5-7-9-11-13-15-17-16-14-12-10-8-6-4-2/h1,12,14-15,17H,4-11,13,16H2,2H3. The molecule has 0 rings (SSSR count). The van der Waals surface area contributed by atoms with Gasteiger partial charge in [0.25, 0.3) is 0 Å². The Morgan fingerprint density at radius 2 is 1.47 bits per heavy atom. The van der Waals surface area contributed by atoms with E-state index in [0.717, 1.165) is 12.8 Å². The van der Waals surface area contributed by atoms with E-state index in [0.29, 0.717) is 0 Å². The molecule has 0 saturated heterocycles. The molecule has 0 saturated carbocycles. The van der Waals surface area contributed by atoms with Crippen molar-refractivity contribution in [2.75, 3.05) is 0 Å². The molecule has 0 heterocycles. The Bertz CT molecular complexity index is 227. The zero-order chi connectivity index (χ0) is 12.6. The summed E-state index contributed by atoms with van der Waals surface area (Å²) in [7, 11) is 0. The van der Waals surface area contributed by atoms with Crippen LogP contribution in [0, 0.1) is 12.3 Å². The molecular formula is C17H28. The van der Waals surface area contributed by atoms with Gasteiger partial charge >= 0.3 is 0 Å². The lowest BCUT2D eigenvalue weighted by Crippen LogP contribution is -1.74. The van der Waals surface area contributed by atoms with Crippen LogP contribution in [-0.4, -0.2) is 0 Å². The fourth-order valence-corrected chi connectivity index (χ4v) is 1.68. The lowest BCUT2D eigenvalue weighted by atomic mass is 10.1. The molecule has 0 bridgehead atoms. The summed E-state index contributed by atoms with van der Waals surface area (Å²) in [5.41, 5.74) is 0. The first-order valence-electron chi connectivity index (χ1n) is 7.15. The summed E-state index contributed by atoms with van der Waals surface area (Å²) in [6.45, 7) is 2.25. The van der Waals surface area contributed by atoms with Gasteiger partial charge in [-0.2, -0.15) is 0 Å². The van der Waals surface area contributed by atoms with Crippen molar-refractivity contribution in [3.8, 4) is 12.3 Å². The largest absolute Gasteiger partial charge is 0.120 e. The van der Waals surface area contributed by atoms with Crippen LogP contribution in [0.1, 0.15) is 71.1 Å².